The molecule has 0 aromatic heterocycles. The van der Waals surface area contributed by atoms with E-state index < -0.39 is 11.6 Å². The first-order chi connectivity index (χ1) is 9.52. The minimum atomic E-state index is -0.567. The number of halogens is 4. The molecule has 0 saturated carbocycles. The lowest BCUT2D eigenvalue weighted by atomic mass is 9.98. The van der Waals surface area contributed by atoms with Gasteiger partial charge in [-0.2, -0.15) is 0 Å². The molecule has 0 radical (unpaired) electrons. The number of benzene rings is 2. The topological polar surface area (TPSA) is 12.0 Å². The zero-order chi connectivity index (χ0) is 14.7. The fourth-order valence-electron chi connectivity index (χ4n) is 2.08. The predicted octanol–water partition coefficient (Wildman–Crippen LogP) is 4.21. The molecule has 1 nitrogen and oxygen atoms in total. The first-order valence-electron chi connectivity index (χ1n) is 6.08. The Kier molecular flexibility index (Phi) is 5.04. The highest BCUT2D eigenvalue weighted by Crippen LogP contribution is 2.26. The Morgan fingerprint density at radius 1 is 1.10 bits per heavy atom. The van der Waals surface area contributed by atoms with Crippen molar-refractivity contribution in [1.29, 1.82) is 0 Å². The van der Waals surface area contributed by atoms with Gasteiger partial charge in [-0.3, -0.25) is 0 Å². The van der Waals surface area contributed by atoms with Gasteiger partial charge in [-0.25, -0.2) is 13.2 Å². The summed E-state index contributed by atoms with van der Waals surface area (Å²) in [4.78, 5) is 0. The lowest BCUT2D eigenvalue weighted by Gasteiger charge is -2.19. The molecule has 1 unspecified atom stereocenters. The van der Waals surface area contributed by atoms with Crippen LogP contribution in [-0.4, -0.2) is 7.05 Å². The second kappa shape index (κ2) is 6.58. The highest BCUT2D eigenvalue weighted by molar-refractivity contribution is 14.1. The molecule has 2 rings (SSSR count). The van der Waals surface area contributed by atoms with Gasteiger partial charge in [-0.15, -0.1) is 0 Å². The number of hydrogen-bond acceptors (Lipinski definition) is 1. The first-order valence-corrected chi connectivity index (χ1v) is 7.16. The number of likely N-dealkylation sites (N-methyl/N-ethyl adjacent to an activating group) is 1. The standard InChI is InChI=1S/C15H13F3IN/c1-20-15(10-6-5-9(16)7-14(10)19)8-11-12(17)3-2-4-13(11)18/h2-7,15,20H,8H2,1H3. The van der Waals surface area contributed by atoms with Crippen LogP contribution in [-0.2, 0) is 6.42 Å². The van der Waals surface area contributed by atoms with Crippen LogP contribution in [0, 0.1) is 21.0 Å². The van der Waals surface area contributed by atoms with Crippen LogP contribution in [0.1, 0.15) is 17.2 Å². The number of nitrogens with one attached hydrogen (secondary N) is 1. The maximum atomic E-state index is 13.7. The van der Waals surface area contributed by atoms with Crippen molar-refractivity contribution in [1.82, 2.24) is 5.32 Å². The normalized spacial score (nSPS) is 12.4. The molecule has 0 amide bonds. The largest absolute Gasteiger partial charge is 0.313 e. The maximum Gasteiger partial charge on any atom is 0.129 e. The van der Waals surface area contributed by atoms with Crippen molar-refractivity contribution in [2.45, 2.75) is 12.5 Å². The average molecular weight is 391 g/mol. The molecule has 2 aromatic rings. The molecular weight excluding hydrogens is 378 g/mol. The summed E-state index contributed by atoms with van der Waals surface area (Å²) in [6.07, 6.45) is 0.163. The van der Waals surface area contributed by atoms with Crippen LogP contribution in [0.3, 0.4) is 0 Å². The molecule has 1 N–H and O–H groups in total. The van der Waals surface area contributed by atoms with Gasteiger partial charge >= 0.3 is 0 Å². The fourth-order valence-corrected chi connectivity index (χ4v) is 2.94. The van der Waals surface area contributed by atoms with E-state index in [1.54, 1.807) is 13.1 Å². The molecule has 0 aliphatic rings. The summed E-state index contributed by atoms with van der Waals surface area (Å²) < 4.78 is 41.2. The first kappa shape index (κ1) is 15.3. The van der Waals surface area contributed by atoms with Crippen LogP contribution in [0.4, 0.5) is 13.2 Å². The van der Waals surface area contributed by atoms with Crippen LogP contribution in [0.5, 0.6) is 0 Å². The Balaban J connectivity index is 2.34. The molecule has 0 saturated heterocycles. The molecule has 0 aliphatic heterocycles. The Morgan fingerprint density at radius 3 is 2.30 bits per heavy atom. The van der Waals surface area contributed by atoms with E-state index in [4.69, 9.17) is 0 Å². The van der Waals surface area contributed by atoms with E-state index in [0.717, 1.165) is 9.13 Å². The molecule has 20 heavy (non-hydrogen) atoms. The lowest BCUT2D eigenvalue weighted by Crippen LogP contribution is -2.21. The van der Waals surface area contributed by atoms with E-state index in [9.17, 15) is 13.2 Å². The van der Waals surface area contributed by atoms with Crippen molar-refractivity contribution < 1.29 is 13.2 Å². The molecule has 5 heteroatoms. The van der Waals surface area contributed by atoms with Gasteiger partial charge in [0.2, 0.25) is 0 Å². The van der Waals surface area contributed by atoms with Crippen molar-refractivity contribution in [2.75, 3.05) is 7.05 Å². The summed E-state index contributed by atoms with van der Waals surface area (Å²) in [6, 6.07) is 7.91. The smallest absolute Gasteiger partial charge is 0.129 e. The highest BCUT2D eigenvalue weighted by atomic mass is 127. The molecule has 0 spiro atoms. The Labute approximate surface area is 129 Å². The third kappa shape index (κ3) is 3.32. The molecule has 1 atom stereocenters. The predicted molar refractivity (Wildman–Crippen MR) is 81.0 cm³/mol. The molecule has 0 bridgehead atoms. The monoisotopic (exact) mass is 391 g/mol. The Bertz CT molecular complexity index is 596. The van der Waals surface area contributed by atoms with Crippen LogP contribution in [0.25, 0.3) is 0 Å². The molecule has 0 aliphatic carbocycles. The molecule has 0 heterocycles. The van der Waals surface area contributed by atoms with Gasteiger partial charge < -0.3 is 5.32 Å². The third-order valence-corrected chi connectivity index (χ3v) is 4.09. The highest BCUT2D eigenvalue weighted by Gasteiger charge is 2.18. The van der Waals surface area contributed by atoms with E-state index in [0.29, 0.717) is 0 Å². The van der Waals surface area contributed by atoms with Crippen LogP contribution in [0.15, 0.2) is 36.4 Å². The SMILES string of the molecule is CNC(Cc1c(F)cccc1F)c1ccc(F)cc1I. The van der Waals surface area contributed by atoms with Crippen molar-refractivity contribution >= 4 is 22.6 Å². The van der Waals surface area contributed by atoms with Gasteiger partial charge in [0.05, 0.1) is 0 Å². The number of rotatable bonds is 4. The van der Waals surface area contributed by atoms with E-state index in [1.165, 1.54) is 30.3 Å². The van der Waals surface area contributed by atoms with E-state index in [2.05, 4.69) is 5.32 Å². The second-order valence-corrected chi connectivity index (χ2v) is 5.57. The average Bonchev–Trinajstić information content (AvgIpc) is 2.40. The van der Waals surface area contributed by atoms with E-state index in [-0.39, 0.29) is 23.8 Å². The van der Waals surface area contributed by atoms with Gasteiger partial charge in [-0.05, 0) is 65.9 Å². The van der Waals surface area contributed by atoms with Crippen molar-refractivity contribution in [3.05, 3.63) is 68.5 Å². The van der Waals surface area contributed by atoms with Crippen molar-refractivity contribution in [3.8, 4) is 0 Å². The third-order valence-electron chi connectivity index (χ3n) is 3.16. The summed E-state index contributed by atoms with van der Waals surface area (Å²) >= 11 is 2.02. The van der Waals surface area contributed by atoms with Gasteiger partial charge in [0.25, 0.3) is 0 Å². The Morgan fingerprint density at radius 2 is 1.75 bits per heavy atom. The van der Waals surface area contributed by atoms with E-state index in [1.807, 2.05) is 22.6 Å². The van der Waals surface area contributed by atoms with Gasteiger partial charge in [0, 0.05) is 15.2 Å². The summed E-state index contributed by atoms with van der Waals surface area (Å²) in [7, 11) is 1.71. The van der Waals surface area contributed by atoms with Crippen LogP contribution < -0.4 is 5.32 Å². The van der Waals surface area contributed by atoms with E-state index >= 15 is 0 Å². The minimum Gasteiger partial charge on any atom is -0.313 e. The fraction of sp³-hybridized carbons (Fsp3) is 0.200. The van der Waals surface area contributed by atoms with Gasteiger partial charge in [0.15, 0.2) is 0 Å². The number of hydrogen-bond donors (Lipinski definition) is 1. The molecule has 2 aromatic carbocycles. The summed E-state index contributed by atoms with van der Waals surface area (Å²) in [5, 5.41) is 3.02. The minimum absolute atomic E-state index is 0.0342. The Hall–Kier alpha value is -1.08. The van der Waals surface area contributed by atoms with Crippen molar-refractivity contribution in [2.24, 2.45) is 0 Å². The lowest BCUT2D eigenvalue weighted by molar-refractivity contribution is 0.513. The summed E-state index contributed by atoms with van der Waals surface area (Å²) in [5.74, 6) is -1.46. The quantitative estimate of drug-likeness (QED) is 0.771. The van der Waals surface area contributed by atoms with Crippen molar-refractivity contribution in [3.63, 3.8) is 0 Å². The maximum absolute atomic E-state index is 13.7. The molecular formula is C15H13F3IN. The second-order valence-electron chi connectivity index (χ2n) is 4.41. The zero-order valence-corrected chi connectivity index (χ0v) is 12.9. The van der Waals surface area contributed by atoms with Crippen LogP contribution in [0.2, 0.25) is 0 Å². The molecule has 0 fully saturated rings. The summed E-state index contributed by atoms with van der Waals surface area (Å²) in [6.45, 7) is 0. The van der Waals surface area contributed by atoms with Gasteiger partial charge in [-0.1, -0.05) is 12.1 Å². The van der Waals surface area contributed by atoms with Gasteiger partial charge in [0.1, 0.15) is 17.5 Å². The zero-order valence-electron chi connectivity index (χ0n) is 10.8. The molecule has 106 valence electrons. The summed E-state index contributed by atoms with van der Waals surface area (Å²) in [5.41, 5.74) is 0.851. The van der Waals surface area contributed by atoms with Crippen LogP contribution >= 0.6 is 22.6 Å².